The summed E-state index contributed by atoms with van der Waals surface area (Å²) in [6.45, 7) is 0. The summed E-state index contributed by atoms with van der Waals surface area (Å²) in [7, 11) is 0. The van der Waals surface area contributed by atoms with Crippen LogP contribution in [0.25, 0.3) is 10.8 Å². The van der Waals surface area contributed by atoms with Crippen LogP contribution in [0.3, 0.4) is 0 Å². The van der Waals surface area contributed by atoms with Crippen molar-refractivity contribution in [2.45, 2.75) is 10.7 Å². The molecule has 1 N–H and O–H groups in total. The van der Waals surface area contributed by atoms with Crippen molar-refractivity contribution in [2.24, 2.45) is 0 Å². The first-order valence-corrected chi connectivity index (χ1v) is 5.22. The fourth-order valence-corrected chi connectivity index (χ4v) is 1.99. The zero-order valence-electron chi connectivity index (χ0n) is 7.65. The van der Waals surface area contributed by atoms with E-state index in [1.54, 1.807) is 18.2 Å². The number of phenols is 1. The molecule has 0 saturated carbocycles. The molecule has 1 nitrogen and oxygen atoms in total. The third-order valence-corrected chi connectivity index (χ3v) is 2.84. The van der Waals surface area contributed by atoms with Crippen LogP contribution >= 0.6 is 11.8 Å². The predicted molar refractivity (Wildman–Crippen MR) is 57.5 cm³/mol. The SMILES string of the molecule is Oc1c(SC(F)F)ccc2ccccc12. The Bertz CT molecular complexity index is 485. The van der Waals surface area contributed by atoms with Gasteiger partial charge in [-0.2, -0.15) is 8.78 Å². The van der Waals surface area contributed by atoms with Crippen LogP contribution < -0.4 is 0 Å². The molecule has 0 amide bonds. The van der Waals surface area contributed by atoms with E-state index >= 15 is 0 Å². The van der Waals surface area contributed by atoms with Gasteiger partial charge in [-0.15, -0.1) is 0 Å². The Morgan fingerprint density at radius 2 is 1.80 bits per heavy atom. The van der Waals surface area contributed by atoms with Crippen LogP contribution in [-0.2, 0) is 0 Å². The quantitative estimate of drug-likeness (QED) is 0.784. The maximum Gasteiger partial charge on any atom is 0.289 e. The van der Waals surface area contributed by atoms with Crippen molar-refractivity contribution in [1.82, 2.24) is 0 Å². The molecule has 0 radical (unpaired) electrons. The molecule has 0 saturated heterocycles. The molecule has 2 rings (SSSR count). The van der Waals surface area contributed by atoms with E-state index in [0.717, 1.165) is 5.39 Å². The summed E-state index contributed by atoms with van der Waals surface area (Å²) in [5, 5.41) is 11.2. The lowest BCUT2D eigenvalue weighted by Gasteiger charge is -2.06. The highest BCUT2D eigenvalue weighted by molar-refractivity contribution is 7.99. The normalized spacial score (nSPS) is 11.1. The highest BCUT2D eigenvalue weighted by atomic mass is 32.2. The molecule has 2 aromatic rings. The van der Waals surface area contributed by atoms with Crippen molar-refractivity contribution < 1.29 is 13.9 Å². The number of hydrogen-bond acceptors (Lipinski definition) is 2. The highest BCUT2D eigenvalue weighted by Crippen LogP contribution is 2.37. The van der Waals surface area contributed by atoms with Gasteiger partial charge in [-0.25, -0.2) is 0 Å². The van der Waals surface area contributed by atoms with Crippen molar-refractivity contribution in [3.63, 3.8) is 0 Å². The first kappa shape index (κ1) is 10.2. The van der Waals surface area contributed by atoms with Crippen molar-refractivity contribution in [2.75, 3.05) is 0 Å². The molecular formula is C11H8F2OS. The first-order valence-electron chi connectivity index (χ1n) is 4.34. The Hall–Kier alpha value is -1.29. The molecule has 0 spiro atoms. The molecule has 0 bridgehead atoms. The van der Waals surface area contributed by atoms with Gasteiger partial charge in [-0.05, 0) is 11.5 Å². The molecular weight excluding hydrogens is 218 g/mol. The number of phenolic OH excluding ortho intramolecular Hbond substituents is 1. The standard InChI is InChI=1S/C11H8F2OS/c12-11(13)15-9-6-5-7-3-1-2-4-8(7)10(9)14/h1-6,11,14H. The average Bonchev–Trinajstić information content (AvgIpc) is 2.22. The maximum atomic E-state index is 12.2. The number of thioether (sulfide) groups is 1. The van der Waals surface area contributed by atoms with Crippen LogP contribution in [0, 0.1) is 0 Å². The Morgan fingerprint density at radius 3 is 2.53 bits per heavy atom. The molecule has 0 aromatic heterocycles. The zero-order chi connectivity index (χ0) is 10.8. The van der Waals surface area contributed by atoms with E-state index in [1.807, 2.05) is 12.1 Å². The Kier molecular flexibility index (Phi) is 2.77. The fraction of sp³-hybridized carbons (Fsp3) is 0.0909. The van der Waals surface area contributed by atoms with Gasteiger partial charge in [0.05, 0.1) is 4.90 Å². The number of rotatable bonds is 2. The van der Waals surface area contributed by atoms with E-state index < -0.39 is 5.76 Å². The third kappa shape index (κ3) is 2.04. The number of benzene rings is 2. The van der Waals surface area contributed by atoms with Gasteiger partial charge in [0.2, 0.25) is 0 Å². The monoisotopic (exact) mass is 226 g/mol. The van der Waals surface area contributed by atoms with Crippen LogP contribution in [0.5, 0.6) is 5.75 Å². The Labute approximate surface area is 89.7 Å². The van der Waals surface area contributed by atoms with Gasteiger partial charge in [-0.3, -0.25) is 0 Å². The molecule has 0 aliphatic rings. The minimum absolute atomic E-state index is 0.0709. The van der Waals surface area contributed by atoms with E-state index in [1.165, 1.54) is 6.07 Å². The molecule has 0 heterocycles. The van der Waals surface area contributed by atoms with Crippen LogP contribution in [-0.4, -0.2) is 10.9 Å². The lowest BCUT2D eigenvalue weighted by Crippen LogP contribution is -1.83. The second-order valence-corrected chi connectivity index (χ2v) is 4.04. The molecule has 0 aliphatic carbocycles. The second-order valence-electron chi connectivity index (χ2n) is 3.01. The minimum Gasteiger partial charge on any atom is -0.506 e. The van der Waals surface area contributed by atoms with Crippen molar-refractivity contribution in [3.8, 4) is 5.75 Å². The van der Waals surface area contributed by atoms with Gasteiger partial charge in [0.15, 0.2) is 0 Å². The molecule has 0 atom stereocenters. The van der Waals surface area contributed by atoms with Gasteiger partial charge >= 0.3 is 0 Å². The third-order valence-electron chi connectivity index (χ3n) is 2.08. The summed E-state index contributed by atoms with van der Waals surface area (Å²) in [4.78, 5) is 0.212. The predicted octanol–water partition coefficient (Wildman–Crippen LogP) is 3.86. The number of aromatic hydroxyl groups is 1. The fourth-order valence-electron chi connectivity index (χ4n) is 1.43. The average molecular weight is 226 g/mol. The molecule has 2 aromatic carbocycles. The first-order chi connectivity index (χ1) is 7.18. The minimum atomic E-state index is -2.52. The van der Waals surface area contributed by atoms with E-state index in [0.29, 0.717) is 17.1 Å². The zero-order valence-corrected chi connectivity index (χ0v) is 8.47. The van der Waals surface area contributed by atoms with Crippen molar-refractivity contribution in [1.29, 1.82) is 0 Å². The lowest BCUT2D eigenvalue weighted by molar-refractivity contribution is 0.252. The Morgan fingerprint density at radius 1 is 1.07 bits per heavy atom. The summed E-state index contributed by atoms with van der Waals surface area (Å²) in [6, 6.07) is 10.4. The van der Waals surface area contributed by atoms with Crippen LogP contribution in [0.1, 0.15) is 0 Å². The topological polar surface area (TPSA) is 20.2 Å². The summed E-state index contributed by atoms with van der Waals surface area (Å²) >= 11 is 0.357. The molecule has 78 valence electrons. The lowest BCUT2D eigenvalue weighted by atomic mass is 10.1. The summed E-state index contributed by atoms with van der Waals surface area (Å²) < 4.78 is 24.3. The second kappa shape index (κ2) is 4.06. The van der Waals surface area contributed by atoms with Gasteiger partial charge in [0.25, 0.3) is 5.76 Å². The number of fused-ring (bicyclic) bond motifs is 1. The largest absolute Gasteiger partial charge is 0.506 e. The van der Waals surface area contributed by atoms with Crippen molar-refractivity contribution >= 4 is 22.5 Å². The highest BCUT2D eigenvalue weighted by Gasteiger charge is 2.11. The molecule has 0 aliphatic heterocycles. The molecule has 0 fully saturated rings. The van der Waals surface area contributed by atoms with Crippen LogP contribution in [0.4, 0.5) is 8.78 Å². The van der Waals surface area contributed by atoms with E-state index in [9.17, 15) is 13.9 Å². The van der Waals surface area contributed by atoms with E-state index in [2.05, 4.69) is 0 Å². The van der Waals surface area contributed by atoms with Crippen LogP contribution in [0.2, 0.25) is 0 Å². The summed E-state index contributed by atoms with van der Waals surface area (Å²) in [5.74, 6) is -2.59. The van der Waals surface area contributed by atoms with E-state index in [-0.39, 0.29) is 10.6 Å². The number of alkyl halides is 2. The summed E-state index contributed by atoms with van der Waals surface area (Å²) in [6.07, 6.45) is 0. The maximum absolute atomic E-state index is 12.2. The van der Waals surface area contributed by atoms with E-state index in [4.69, 9.17) is 0 Å². The number of hydrogen-bond donors (Lipinski definition) is 1. The van der Waals surface area contributed by atoms with Gasteiger partial charge in [-0.1, -0.05) is 42.1 Å². The van der Waals surface area contributed by atoms with Crippen LogP contribution in [0.15, 0.2) is 41.3 Å². The Balaban J connectivity index is 2.55. The smallest absolute Gasteiger partial charge is 0.289 e. The van der Waals surface area contributed by atoms with Gasteiger partial charge in [0, 0.05) is 5.39 Å². The van der Waals surface area contributed by atoms with Crippen molar-refractivity contribution in [3.05, 3.63) is 36.4 Å². The molecule has 15 heavy (non-hydrogen) atoms. The van der Waals surface area contributed by atoms with Gasteiger partial charge in [0.1, 0.15) is 5.75 Å². The number of halogens is 2. The summed E-state index contributed by atoms with van der Waals surface area (Å²) in [5.41, 5.74) is 0. The molecule has 4 heteroatoms. The van der Waals surface area contributed by atoms with Gasteiger partial charge < -0.3 is 5.11 Å². The molecule has 0 unspecified atom stereocenters.